The highest BCUT2D eigenvalue weighted by atomic mass is 19.1. The van der Waals surface area contributed by atoms with Crippen molar-refractivity contribution < 1.29 is 14.2 Å². The van der Waals surface area contributed by atoms with Gasteiger partial charge in [0.05, 0.1) is 12.3 Å². The minimum absolute atomic E-state index is 0.127. The Hall–Kier alpha value is -2.14. The molecule has 0 bridgehead atoms. The van der Waals surface area contributed by atoms with E-state index in [4.69, 9.17) is 4.74 Å². The molecule has 1 aliphatic carbocycles. The Kier molecular flexibility index (Phi) is 4.81. The van der Waals surface area contributed by atoms with Crippen LogP contribution in [0.2, 0.25) is 0 Å². The van der Waals surface area contributed by atoms with Gasteiger partial charge in [-0.05, 0) is 55.4 Å². The first-order chi connectivity index (χ1) is 12.6. The summed E-state index contributed by atoms with van der Waals surface area (Å²) in [7, 11) is 0. The fourth-order valence-electron chi connectivity index (χ4n) is 4.35. The maximum atomic E-state index is 14.1. The number of pyridine rings is 1. The summed E-state index contributed by atoms with van der Waals surface area (Å²) in [5, 5.41) is 9.30. The molecule has 1 aromatic heterocycles. The lowest BCUT2D eigenvalue weighted by atomic mass is 10.0. The number of likely N-dealkylation sites (tertiary alicyclic amines) is 1. The van der Waals surface area contributed by atoms with Gasteiger partial charge >= 0.3 is 0 Å². The molecule has 2 aromatic rings. The highest BCUT2D eigenvalue weighted by molar-refractivity contribution is 5.30. The molecule has 1 aliphatic heterocycles. The lowest BCUT2D eigenvalue weighted by Gasteiger charge is -2.20. The fraction of sp³-hybridized carbons (Fsp3) is 0.476. The molecule has 1 saturated heterocycles. The van der Waals surface area contributed by atoms with E-state index in [-0.39, 0.29) is 17.7 Å². The largest absolute Gasteiger partial charge is 0.506 e. The second-order valence-corrected chi connectivity index (χ2v) is 7.64. The van der Waals surface area contributed by atoms with Crippen molar-refractivity contribution >= 4 is 0 Å². The summed E-state index contributed by atoms with van der Waals surface area (Å²) in [6.07, 6.45) is 4.54. The Morgan fingerprint density at radius 3 is 2.65 bits per heavy atom. The fourth-order valence-corrected chi connectivity index (χ4v) is 4.35. The maximum absolute atomic E-state index is 14.1. The van der Waals surface area contributed by atoms with E-state index < -0.39 is 0 Å². The molecule has 3 atom stereocenters. The molecule has 0 unspecified atom stereocenters. The van der Waals surface area contributed by atoms with E-state index in [0.29, 0.717) is 23.1 Å². The van der Waals surface area contributed by atoms with E-state index in [1.165, 1.54) is 6.20 Å². The topological polar surface area (TPSA) is 45.6 Å². The number of benzene rings is 1. The summed E-state index contributed by atoms with van der Waals surface area (Å²) in [5.74, 6) is 1.65. The maximum Gasteiger partial charge on any atom is 0.167 e. The Balaban J connectivity index is 1.27. The minimum atomic E-state index is -0.229. The third kappa shape index (κ3) is 3.68. The predicted octanol–water partition coefficient (Wildman–Crippen LogP) is 3.57. The average Bonchev–Trinajstić information content (AvgIpc) is 3.16. The van der Waals surface area contributed by atoms with Crippen molar-refractivity contribution in [2.45, 2.75) is 32.3 Å². The van der Waals surface area contributed by atoms with Crippen LogP contribution in [0.5, 0.6) is 11.5 Å². The molecule has 0 radical (unpaired) electrons. The molecule has 0 amide bonds. The molecular formula is C21H25FN2O2. The highest BCUT2D eigenvalue weighted by Gasteiger charge is 2.41. The van der Waals surface area contributed by atoms with Crippen LogP contribution < -0.4 is 4.74 Å². The summed E-state index contributed by atoms with van der Waals surface area (Å²) >= 11 is 0. The minimum Gasteiger partial charge on any atom is -0.506 e. The zero-order valence-electron chi connectivity index (χ0n) is 15.1. The van der Waals surface area contributed by atoms with Gasteiger partial charge in [0.25, 0.3) is 0 Å². The molecule has 4 rings (SSSR count). The van der Waals surface area contributed by atoms with Gasteiger partial charge in [-0.2, -0.15) is 0 Å². The van der Waals surface area contributed by atoms with Crippen molar-refractivity contribution in [2.75, 3.05) is 19.6 Å². The summed E-state index contributed by atoms with van der Waals surface area (Å²) in [6.45, 7) is 4.92. The van der Waals surface area contributed by atoms with Crippen LogP contribution in [0.4, 0.5) is 4.39 Å². The molecule has 2 heterocycles. The van der Waals surface area contributed by atoms with Gasteiger partial charge in [0.15, 0.2) is 11.6 Å². The average molecular weight is 356 g/mol. The molecule has 5 heteroatoms. The lowest BCUT2D eigenvalue weighted by Crippen LogP contribution is -2.26. The summed E-state index contributed by atoms with van der Waals surface area (Å²) in [6, 6.07) is 8.92. The quantitative estimate of drug-likeness (QED) is 0.890. The van der Waals surface area contributed by atoms with Gasteiger partial charge in [-0.25, -0.2) is 4.39 Å². The highest BCUT2D eigenvalue weighted by Crippen LogP contribution is 2.40. The molecule has 2 fully saturated rings. The van der Waals surface area contributed by atoms with E-state index in [2.05, 4.69) is 9.88 Å². The van der Waals surface area contributed by atoms with Crippen LogP contribution in [0.1, 0.15) is 24.1 Å². The van der Waals surface area contributed by atoms with Crippen LogP contribution in [0, 0.1) is 24.6 Å². The number of hydrogen-bond donors (Lipinski definition) is 1. The Morgan fingerprint density at radius 1 is 1.19 bits per heavy atom. The normalized spacial score (nSPS) is 25.4. The zero-order valence-corrected chi connectivity index (χ0v) is 15.1. The van der Waals surface area contributed by atoms with Crippen molar-refractivity contribution in [1.29, 1.82) is 0 Å². The Bertz CT molecular complexity index is 751. The van der Waals surface area contributed by atoms with Gasteiger partial charge in [0.1, 0.15) is 5.75 Å². The number of rotatable bonds is 5. The first kappa shape index (κ1) is 17.3. The van der Waals surface area contributed by atoms with Crippen molar-refractivity contribution in [3.63, 3.8) is 0 Å². The molecular weight excluding hydrogens is 331 g/mol. The first-order valence-corrected chi connectivity index (χ1v) is 9.36. The summed E-state index contributed by atoms with van der Waals surface area (Å²) in [4.78, 5) is 6.75. The van der Waals surface area contributed by atoms with Crippen LogP contribution >= 0.6 is 0 Å². The first-order valence-electron chi connectivity index (χ1n) is 9.36. The third-order valence-corrected chi connectivity index (χ3v) is 5.73. The number of ether oxygens (including phenoxy) is 1. The molecule has 1 N–H and O–H groups in total. The SMILES string of the molecule is Cc1cccc(O[C@H]2C[C@@H]3CN(CCc4ccc(O)cn4)C[C@@H]3C2)c1F. The zero-order chi connectivity index (χ0) is 18.1. The van der Waals surface area contributed by atoms with Crippen LogP contribution in [-0.4, -0.2) is 40.7 Å². The monoisotopic (exact) mass is 356 g/mol. The number of aromatic nitrogens is 1. The van der Waals surface area contributed by atoms with E-state index in [9.17, 15) is 9.50 Å². The van der Waals surface area contributed by atoms with Gasteiger partial charge < -0.3 is 14.7 Å². The predicted molar refractivity (Wildman–Crippen MR) is 97.8 cm³/mol. The van der Waals surface area contributed by atoms with Crippen molar-refractivity contribution in [3.8, 4) is 11.5 Å². The van der Waals surface area contributed by atoms with Crippen LogP contribution in [0.25, 0.3) is 0 Å². The van der Waals surface area contributed by atoms with E-state index >= 15 is 0 Å². The molecule has 0 spiro atoms. The molecule has 4 nitrogen and oxygen atoms in total. The number of aryl methyl sites for hydroxylation is 1. The van der Waals surface area contributed by atoms with Crippen LogP contribution in [-0.2, 0) is 6.42 Å². The number of nitrogens with zero attached hydrogens (tertiary/aromatic N) is 2. The second kappa shape index (κ2) is 7.23. The van der Waals surface area contributed by atoms with E-state index in [0.717, 1.165) is 44.6 Å². The van der Waals surface area contributed by atoms with Crippen LogP contribution in [0.15, 0.2) is 36.5 Å². The number of fused-ring (bicyclic) bond motifs is 1. The standard InChI is InChI=1S/C21H25FN2O2/c1-14-3-2-4-20(21(14)22)26-19-9-15-12-24(13-16(15)10-19)8-7-17-5-6-18(25)11-23-17/h2-6,11,15-16,19,25H,7-10,12-13H2,1H3/t15-,16+,19+. The second-order valence-electron chi connectivity index (χ2n) is 7.64. The Labute approximate surface area is 153 Å². The number of halogens is 1. The lowest BCUT2D eigenvalue weighted by molar-refractivity contribution is 0.178. The van der Waals surface area contributed by atoms with Gasteiger partial charge in [-0.1, -0.05) is 12.1 Å². The van der Waals surface area contributed by atoms with Crippen molar-refractivity contribution in [2.24, 2.45) is 11.8 Å². The van der Waals surface area contributed by atoms with Gasteiger partial charge in [-0.3, -0.25) is 4.98 Å². The van der Waals surface area contributed by atoms with E-state index in [1.54, 1.807) is 25.1 Å². The smallest absolute Gasteiger partial charge is 0.167 e. The van der Waals surface area contributed by atoms with E-state index in [1.807, 2.05) is 12.1 Å². The molecule has 1 aromatic carbocycles. The van der Waals surface area contributed by atoms with Gasteiger partial charge in [0, 0.05) is 31.7 Å². The summed E-state index contributed by atoms with van der Waals surface area (Å²) in [5.41, 5.74) is 1.64. The van der Waals surface area contributed by atoms with Crippen molar-refractivity contribution in [3.05, 3.63) is 53.6 Å². The van der Waals surface area contributed by atoms with Gasteiger partial charge in [-0.15, -0.1) is 0 Å². The Morgan fingerprint density at radius 2 is 1.96 bits per heavy atom. The van der Waals surface area contributed by atoms with Crippen LogP contribution in [0.3, 0.4) is 0 Å². The number of hydrogen-bond acceptors (Lipinski definition) is 4. The molecule has 138 valence electrons. The molecule has 1 saturated carbocycles. The number of aromatic hydroxyl groups is 1. The summed E-state index contributed by atoms with van der Waals surface area (Å²) < 4.78 is 20.1. The van der Waals surface area contributed by atoms with Crippen molar-refractivity contribution in [1.82, 2.24) is 9.88 Å². The molecule has 26 heavy (non-hydrogen) atoms. The van der Waals surface area contributed by atoms with Gasteiger partial charge in [0.2, 0.25) is 0 Å². The third-order valence-electron chi connectivity index (χ3n) is 5.73. The molecule has 2 aliphatic rings.